The van der Waals surface area contributed by atoms with Crippen molar-refractivity contribution in [3.8, 4) is 23.0 Å². The third-order valence-corrected chi connectivity index (χ3v) is 9.03. The van der Waals surface area contributed by atoms with Gasteiger partial charge in [0.1, 0.15) is 28.6 Å². The maximum atomic E-state index is 16.3. The van der Waals surface area contributed by atoms with Crippen LogP contribution in [0.3, 0.4) is 0 Å². The van der Waals surface area contributed by atoms with Crippen LogP contribution in [0.25, 0.3) is 32.9 Å². The van der Waals surface area contributed by atoms with E-state index in [-0.39, 0.29) is 28.5 Å². The molecule has 2 aromatic heterocycles. The van der Waals surface area contributed by atoms with Crippen molar-refractivity contribution in [2.45, 2.75) is 31.8 Å². The number of aromatic nitrogens is 3. The Bertz CT molecular complexity index is 1620. The first kappa shape index (κ1) is 25.8. The van der Waals surface area contributed by atoms with Crippen molar-refractivity contribution in [3.05, 3.63) is 47.7 Å². The van der Waals surface area contributed by atoms with Crippen LogP contribution in [0.15, 0.2) is 30.5 Å². The van der Waals surface area contributed by atoms with Crippen LogP contribution >= 0.6 is 0 Å². The standard InChI is InChI=1S/C28H28F2N4O4S/c1-3-18-21(29)5-4-16-12-17(35)13-19(22(16)18)24-23(30)25-20(14-31-24)26(33-27(32-25)37-2)34-8-9-38-28(15-34)6-10-39(36)11-7-28/h4-5,12-14,35H,3,6-11,15H2,1-2H3. The molecule has 1 spiro atoms. The quantitative estimate of drug-likeness (QED) is 0.394. The fourth-order valence-electron chi connectivity index (χ4n) is 5.73. The highest BCUT2D eigenvalue weighted by Gasteiger charge is 2.40. The van der Waals surface area contributed by atoms with Crippen LogP contribution in [-0.2, 0) is 22.0 Å². The second kappa shape index (κ2) is 9.95. The molecule has 0 radical (unpaired) electrons. The molecule has 2 aliphatic heterocycles. The SMILES string of the molecule is CCc1c(F)ccc2cc(O)cc(-c3ncc4c(N5CCOC6(CCS(=O)CC6)C5)nc(OC)nc4c3F)c12. The zero-order valence-corrected chi connectivity index (χ0v) is 22.5. The summed E-state index contributed by atoms with van der Waals surface area (Å²) in [6, 6.07) is 5.83. The second-order valence-corrected chi connectivity index (χ2v) is 11.7. The molecule has 0 aliphatic carbocycles. The van der Waals surface area contributed by atoms with E-state index in [9.17, 15) is 13.7 Å². The number of hydrogen-bond donors (Lipinski definition) is 1. The number of pyridine rings is 1. The highest BCUT2D eigenvalue weighted by atomic mass is 32.2. The van der Waals surface area contributed by atoms with Crippen molar-refractivity contribution in [3.63, 3.8) is 0 Å². The molecule has 0 saturated carbocycles. The number of benzene rings is 2. The molecule has 2 fully saturated rings. The first-order chi connectivity index (χ1) is 18.8. The number of phenols is 1. The Morgan fingerprint density at radius 2 is 2.00 bits per heavy atom. The highest BCUT2D eigenvalue weighted by Crippen LogP contribution is 2.40. The number of nitrogens with zero attached hydrogens (tertiary/aromatic N) is 4. The lowest BCUT2D eigenvalue weighted by atomic mass is 9.94. The van der Waals surface area contributed by atoms with Gasteiger partial charge in [0.2, 0.25) is 0 Å². The summed E-state index contributed by atoms with van der Waals surface area (Å²) in [5.74, 6) is 0.436. The summed E-state index contributed by atoms with van der Waals surface area (Å²) in [5, 5.41) is 11.9. The first-order valence-electron chi connectivity index (χ1n) is 12.9. The predicted octanol–water partition coefficient (Wildman–Crippen LogP) is 4.52. The Hall–Kier alpha value is -3.44. The molecule has 6 rings (SSSR count). The van der Waals surface area contributed by atoms with Crippen LogP contribution in [0.2, 0.25) is 0 Å². The van der Waals surface area contributed by atoms with Gasteiger partial charge in [0.25, 0.3) is 0 Å². The molecule has 2 aromatic carbocycles. The van der Waals surface area contributed by atoms with Gasteiger partial charge in [-0.15, -0.1) is 0 Å². The van der Waals surface area contributed by atoms with E-state index in [2.05, 4.69) is 15.0 Å². The number of anilines is 1. The monoisotopic (exact) mass is 554 g/mol. The van der Waals surface area contributed by atoms with Gasteiger partial charge < -0.3 is 19.5 Å². The molecular formula is C28H28F2N4O4S. The first-order valence-corrected chi connectivity index (χ1v) is 14.4. The normalized spacial score (nSPS) is 21.6. The van der Waals surface area contributed by atoms with Gasteiger partial charge in [-0.25, -0.2) is 8.78 Å². The van der Waals surface area contributed by atoms with Crippen LogP contribution in [0, 0.1) is 11.6 Å². The van der Waals surface area contributed by atoms with E-state index >= 15 is 4.39 Å². The lowest BCUT2D eigenvalue weighted by Gasteiger charge is -2.45. The largest absolute Gasteiger partial charge is 0.508 e. The fraction of sp³-hybridized carbons (Fsp3) is 0.393. The molecule has 204 valence electrons. The average molecular weight is 555 g/mol. The number of rotatable bonds is 4. The van der Waals surface area contributed by atoms with Gasteiger partial charge in [-0.3, -0.25) is 9.19 Å². The molecule has 4 aromatic rings. The summed E-state index contributed by atoms with van der Waals surface area (Å²) < 4.78 is 54.6. The van der Waals surface area contributed by atoms with Crippen molar-refractivity contribution >= 4 is 38.3 Å². The minimum Gasteiger partial charge on any atom is -0.508 e. The van der Waals surface area contributed by atoms with Gasteiger partial charge in [0, 0.05) is 47.2 Å². The molecule has 2 aliphatic rings. The van der Waals surface area contributed by atoms with Crippen molar-refractivity contribution in [1.29, 1.82) is 0 Å². The number of aromatic hydroxyl groups is 1. The Morgan fingerprint density at radius 1 is 1.21 bits per heavy atom. The minimum atomic E-state index is -0.836. The molecule has 8 nitrogen and oxygen atoms in total. The van der Waals surface area contributed by atoms with Crippen molar-refractivity contribution in [1.82, 2.24) is 15.0 Å². The minimum absolute atomic E-state index is 0.0000941. The molecule has 2 saturated heterocycles. The van der Waals surface area contributed by atoms with Crippen LogP contribution in [0.5, 0.6) is 11.8 Å². The molecule has 0 unspecified atom stereocenters. The van der Waals surface area contributed by atoms with Gasteiger partial charge in [0.05, 0.1) is 24.7 Å². The van der Waals surface area contributed by atoms with Crippen molar-refractivity contribution < 1.29 is 27.6 Å². The van der Waals surface area contributed by atoms with Crippen LogP contribution < -0.4 is 9.64 Å². The van der Waals surface area contributed by atoms with E-state index in [0.29, 0.717) is 78.0 Å². The number of halogens is 2. The number of phenolic OH excluding ortho intramolecular Hbond substituents is 1. The predicted molar refractivity (Wildman–Crippen MR) is 146 cm³/mol. The summed E-state index contributed by atoms with van der Waals surface area (Å²) in [5.41, 5.74) is 0.211. The number of morpholine rings is 1. The molecule has 1 N–H and O–H groups in total. The maximum Gasteiger partial charge on any atom is 0.318 e. The van der Waals surface area contributed by atoms with E-state index in [1.54, 1.807) is 6.07 Å². The maximum absolute atomic E-state index is 16.3. The van der Waals surface area contributed by atoms with Crippen LogP contribution in [0.1, 0.15) is 25.3 Å². The molecule has 39 heavy (non-hydrogen) atoms. The zero-order valence-electron chi connectivity index (χ0n) is 21.7. The summed E-state index contributed by atoms with van der Waals surface area (Å²) >= 11 is 0. The highest BCUT2D eigenvalue weighted by molar-refractivity contribution is 7.85. The van der Waals surface area contributed by atoms with Crippen LogP contribution in [0.4, 0.5) is 14.6 Å². The zero-order chi connectivity index (χ0) is 27.3. The van der Waals surface area contributed by atoms with E-state index in [0.717, 1.165) is 0 Å². The van der Waals surface area contributed by atoms with E-state index in [1.165, 1.54) is 31.5 Å². The fourth-order valence-corrected chi connectivity index (χ4v) is 7.13. The average Bonchev–Trinajstić information content (AvgIpc) is 2.94. The molecule has 11 heteroatoms. The third-order valence-electron chi connectivity index (χ3n) is 7.71. The van der Waals surface area contributed by atoms with Gasteiger partial charge in [-0.1, -0.05) is 13.0 Å². The Balaban J connectivity index is 1.51. The van der Waals surface area contributed by atoms with Gasteiger partial charge >= 0.3 is 6.01 Å². The Labute approximate surface area is 226 Å². The number of fused-ring (bicyclic) bond motifs is 2. The Morgan fingerprint density at radius 3 is 2.74 bits per heavy atom. The van der Waals surface area contributed by atoms with E-state index in [1.807, 2.05) is 11.8 Å². The lowest BCUT2D eigenvalue weighted by molar-refractivity contribution is -0.0612. The number of methoxy groups -OCH3 is 1. The number of aryl methyl sites for hydroxylation is 1. The van der Waals surface area contributed by atoms with Gasteiger partial charge in [-0.05, 0) is 53.8 Å². The van der Waals surface area contributed by atoms with Crippen molar-refractivity contribution in [2.75, 3.05) is 43.2 Å². The molecular weight excluding hydrogens is 526 g/mol. The summed E-state index contributed by atoms with van der Waals surface area (Å²) in [7, 11) is 0.582. The van der Waals surface area contributed by atoms with Gasteiger partial charge in [-0.2, -0.15) is 9.97 Å². The third kappa shape index (κ3) is 4.47. The molecule has 0 amide bonds. The summed E-state index contributed by atoms with van der Waals surface area (Å²) in [4.78, 5) is 15.4. The summed E-state index contributed by atoms with van der Waals surface area (Å²) in [6.07, 6.45) is 3.24. The second-order valence-electron chi connectivity index (χ2n) is 9.99. The topological polar surface area (TPSA) is 97.7 Å². The molecule has 0 atom stereocenters. The van der Waals surface area contributed by atoms with Crippen LogP contribution in [-0.4, -0.2) is 68.2 Å². The number of hydrogen-bond acceptors (Lipinski definition) is 8. The lowest BCUT2D eigenvalue weighted by Crippen LogP contribution is -2.55. The Kier molecular flexibility index (Phi) is 6.58. The molecule has 4 heterocycles. The molecule has 0 bridgehead atoms. The van der Waals surface area contributed by atoms with Crippen molar-refractivity contribution in [2.24, 2.45) is 0 Å². The van der Waals surface area contributed by atoms with Gasteiger partial charge in [0.15, 0.2) is 5.82 Å². The summed E-state index contributed by atoms with van der Waals surface area (Å²) in [6.45, 7) is 3.32. The smallest absolute Gasteiger partial charge is 0.318 e. The number of ether oxygens (including phenoxy) is 2. The van der Waals surface area contributed by atoms with E-state index in [4.69, 9.17) is 9.47 Å². The van der Waals surface area contributed by atoms with E-state index < -0.39 is 28.0 Å².